The van der Waals surface area contributed by atoms with E-state index < -0.39 is 0 Å². The van der Waals surface area contributed by atoms with Crippen LogP contribution in [-0.4, -0.2) is 6.04 Å². The average molecular weight is 173 g/mol. The maximum atomic E-state index is 5.80. The van der Waals surface area contributed by atoms with Crippen LogP contribution in [0.2, 0.25) is 0 Å². The normalized spacial score (nSPS) is 21.6. The second-order valence-corrected chi connectivity index (χ2v) is 3.69. The standard InChI is InChI=1S/C12H15N/c13-12-7-6-11(9-12)8-10-4-2-1-3-5-10/h1-5,9,12H,6-8,13H2. The molecule has 1 aliphatic rings. The Labute approximate surface area is 79.3 Å². The summed E-state index contributed by atoms with van der Waals surface area (Å²) in [4.78, 5) is 0. The topological polar surface area (TPSA) is 26.0 Å². The molecule has 13 heavy (non-hydrogen) atoms. The quantitative estimate of drug-likeness (QED) is 0.682. The number of benzene rings is 1. The minimum atomic E-state index is 0.304. The number of nitrogens with two attached hydrogens (primary N) is 1. The molecule has 0 aliphatic heterocycles. The summed E-state index contributed by atoms with van der Waals surface area (Å²) in [5.74, 6) is 0. The highest BCUT2D eigenvalue weighted by molar-refractivity contribution is 5.24. The van der Waals surface area contributed by atoms with E-state index >= 15 is 0 Å². The van der Waals surface area contributed by atoms with E-state index in [4.69, 9.17) is 5.73 Å². The molecule has 0 heterocycles. The molecule has 1 aliphatic carbocycles. The summed E-state index contributed by atoms with van der Waals surface area (Å²) in [5, 5.41) is 0. The fourth-order valence-corrected chi connectivity index (χ4v) is 1.83. The number of hydrogen-bond acceptors (Lipinski definition) is 1. The van der Waals surface area contributed by atoms with Crippen LogP contribution in [0.3, 0.4) is 0 Å². The van der Waals surface area contributed by atoms with Crippen molar-refractivity contribution in [2.45, 2.75) is 25.3 Å². The number of allylic oxidation sites excluding steroid dienone is 1. The predicted octanol–water partition coefficient (Wildman–Crippen LogP) is 2.28. The second kappa shape index (κ2) is 3.75. The molecule has 2 rings (SSSR count). The third-order valence-electron chi connectivity index (χ3n) is 2.52. The Bertz CT molecular complexity index is 300. The second-order valence-electron chi connectivity index (χ2n) is 3.69. The van der Waals surface area contributed by atoms with Crippen molar-refractivity contribution in [2.24, 2.45) is 5.73 Å². The van der Waals surface area contributed by atoms with Crippen molar-refractivity contribution in [3.8, 4) is 0 Å². The Hall–Kier alpha value is -1.08. The SMILES string of the molecule is NC1C=C(Cc2ccccc2)CC1. The van der Waals surface area contributed by atoms with Gasteiger partial charge in [-0.3, -0.25) is 0 Å². The van der Waals surface area contributed by atoms with Crippen LogP contribution in [0.5, 0.6) is 0 Å². The molecule has 1 atom stereocenters. The van der Waals surface area contributed by atoms with Gasteiger partial charge in [-0.15, -0.1) is 0 Å². The van der Waals surface area contributed by atoms with Crippen molar-refractivity contribution in [3.05, 3.63) is 47.5 Å². The molecule has 68 valence electrons. The maximum Gasteiger partial charge on any atom is 0.0229 e. The van der Waals surface area contributed by atoms with Gasteiger partial charge in [0.05, 0.1) is 0 Å². The van der Waals surface area contributed by atoms with Crippen LogP contribution in [0, 0.1) is 0 Å². The fraction of sp³-hybridized carbons (Fsp3) is 0.333. The zero-order chi connectivity index (χ0) is 9.10. The first-order valence-electron chi connectivity index (χ1n) is 4.83. The minimum Gasteiger partial charge on any atom is -0.324 e. The van der Waals surface area contributed by atoms with Gasteiger partial charge in [0.2, 0.25) is 0 Å². The third kappa shape index (κ3) is 2.19. The first kappa shape index (κ1) is 8.52. The zero-order valence-corrected chi connectivity index (χ0v) is 7.74. The summed E-state index contributed by atoms with van der Waals surface area (Å²) in [7, 11) is 0. The largest absolute Gasteiger partial charge is 0.324 e. The molecule has 1 aromatic rings. The molecule has 0 aromatic heterocycles. The summed E-state index contributed by atoms with van der Waals surface area (Å²) in [6.07, 6.45) is 5.60. The van der Waals surface area contributed by atoms with Gasteiger partial charge < -0.3 is 5.73 Å². The van der Waals surface area contributed by atoms with Gasteiger partial charge in [0.1, 0.15) is 0 Å². The molecule has 0 saturated heterocycles. The Balaban J connectivity index is 2.03. The average Bonchev–Trinajstić information content (AvgIpc) is 2.53. The first-order chi connectivity index (χ1) is 6.34. The van der Waals surface area contributed by atoms with Crippen LogP contribution in [0.4, 0.5) is 0 Å². The molecule has 0 spiro atoms. The van der Waals surface area contributed by atoms with Crippen LogP contribution in [0.15, 0.2) is 42.0 Å². The van der Waals surface area contributed by atoms with E-state index in [9.17, 15) is 0 Å². The molecule has 1 heteroatoms. The molecule has 0 radical (unpaired) electrons. The van der Waals surface area contributed by atoms with Gasteiger partial charge in [-0.2, -0.15) is 0 Å². The lowest BCUT2D eigenvalue weighted by atomic mass is 10.1. The molecule has 2 N–H and O–H groups in total. The van der Waals surface area contributed by atoms with Crippen molar-refractivity contribution in [3.63, 3.8) is 0 Å². The van der Waals surface area contributed by atoms with E-state index in [-0.39, 0.29) is 0 Å². The molecule has 0 amide bonds. The van der Waals surface area contributed by atoms with Gasteiger partial charge in [-0.25, -0.2) is 0 Å². The summed E-state index contributed by atoms with van der Waals surface area (Å²) >= 11 is 0. The first-order valence-corrected chi connectivity index (χ1v) is 4.83. The van der Waals surface area contributed by atoms with Crippen LogP contribution in [0.1, 0.15) is 18.4 Å². The molecule has 0 saturated carbocycles. The van der Waals surface area contributed by atoms with Gasteiger partial charge >= 0.3 is 0 Å². The van der Waals surface area contributed by atoms with Crippen molar-refractivity contribution in [2.75, 3.05) is 0 Å². The van der Waals surface area contributed by atoms with Crippen molar-refractivity contribution in [1.29, 1.82) is 0 Å². The van der Waals surface area contributed by atoms with Crippen molar-refractivity contribution < 1.29 is 0 Å². The zero-order valence-electron chi connectivity index (χ0n) is 7.74. The van der Waals surface area contributed by atoms with Crippen LogP contribution in [0.25, 0.3) is 0 Å². The fourth-order valence-electron chi connectivity index (χ4n) is 1.83. The van der Waals surface area contributed by atoms with Gasteiger partial charge in [-0.1, -0.05) is 42.0 Å². The Kier molecular flexibility index (Phi) is 2.46. The summed E-state index contributed by atoms with van der Waals surface area (Å²) in [6, 6.07) is 10.9. The lowest BCUT2D eigenvalue weighted by Crippen LogP contribution is -2.11. The van der Waals surface area contributed by atoms with E-state index in [1.165, 1.54) is 17.6 Å². The van der Waals surface area contributed by atoms with Crippen LogP contribution >= 0.6 is 0 Å². The predicted molar refractivity (Wildman–Crippen MR) is 55.4 cm³/mol. The summed E-state index contributed by atoms with van der Waals surface area (Å²) in [5.41, 5.74) is 8.69. The molecule has 0 fully saturated rings. The summed E-state index contributed by atoms with van der Waals surface area (Å²) in [6.45, 7) is 0. The molecule has 1 nitrogen and oxygen atoms in total. The highest BCUT2D eigenvalue weighted by Crippen LogP contribution is 2.20. The Morgan fingerprint density at radius 2 is 2.00 bits per heavy atom. The smallest absolute Gasteiger partial charge is 0.0229 e. The van der Waals surface area contributed by atoms with E-state index in [1.54, 1.807) is 0 Å². The van der Waals surface area contributed by atoms with Crippen molar-refractivity contribution in [1.82, 2.24) is 0 Å². The van der Waals surface area contributed by atoms with E-state index in [0.29, 0.717) is 6.04 Å². The lowest BCUT2D eigenvalue weighted by Gasteiger charge is -2.00. The minimum absolute atomic E-state index is 0.304. The molecular formula is C12H15N. The number of rotatable bonds is 2. The van der Waals surface area contributed by atoms with E-state index in [1.807, 2.05) is 0 Å². The molecular weight excluding hydrogens is 158 g/mol. The monoisotopic (exact) mass is 173 g/mol. The van der Waals surface area contributed by atoms with E-state index in [2.05, 4.69) is 36.4 Å². The van der Waals surface area contributed by atoms with Crippen LogP contribution in [-0.2, 0) is 6.42 Å². The highest BCUT2D eigenvalue weighted by atomic mass is 14.6. The Morgan fingerprint density at radius 3 is 2.62 bits per heavy atom. The van der Waals surface area contributed by atoms with Gasteiger partial charge in [-0.05, 0) is 24.8 Å². The van der Waals surface area contributed by atoms with Gasteiger partial charge in [0.15, 0.2) is 0 Å². The lowest BCUT2D eigenvalue weighted by molar-refractivity contribution is 0.770. The third-order valence-corrected chi connectivity index (χ3v) is 2.52. The summed E-state index contributed by atoms with van der Waals surface area (Å²) < 4.78 is 0. The number of hydrogen-bond donors (Lipinski definition) is 1. The van der Waals surface area contributed by atoms with Crippen LogP contribution < -0.4 is 5.73 Å². The molecule has 0 bridgehead atoms. The molecule has 1 aromatic carbocycles. The van der Waals surface area contributed by atoms with Crippen molar-refractivity contribution >= 4 is 0 Å². The highest BCUT2D eigenvalue weighted by Gasteiger charge is 2.11. The Morgan fingerprint density at radius 1 is 1.23 bits per heavy atom. The van der Waals surface area contributed by atoms with Gasteiger partial charge in [0, 0.05) is 6.04 Å². The van der Waals surface area contributed by atoms with E-state index in [0.717, 1.165) is 12.8 Å². The molecule has 1 unspecified atom stereocenters. The van der Waals surface area contributed by atoms with Gasteiger partial charge in [0.25, 0.3) is 0 Å². The maximum absolute atomic E-state index is 5.80.